The zero-order valence-corrected chi connectivity index (χ0v) is 28.5. The van der Waals surface area contributed by atoms with Crippen molar-refractivity contribution in [1.29, 1.82) is 0 Å². The average Bonchev–Trinajstić information content (AvgIpc) is 3.24. The molecule has 1 saturated heterocycles. The van der Waals surface area contributed by atoms with E-state index >= 15 is 0 Å². The zero-order chi connectivity index (χ0) is 31.2. The molecule has 234 valence electrons. The van der Waals surface area contributed by atoms with Crippen LogP contribution in [0.1, 0.15) is 72.2 Å². The molecule has 0 spiro atoms. The van der Waals surface area contributed by atoms with Gasteiger partial charge in [0.1, 0.15) is 5.60 Å². The van der Waals surface area contributed by atoms with Crippen molar-refractivity contribution in [1.82, 2.24) is 9.80 Å². The van der Waals surface area contributed by atoms with E-state index in [0.29, 0.717) is 49.9 Å². The third-order valence-electron chi connectivity index (χ3n) is 7.76. The van der Waals surface area contributed by atoms with Gasteiger partial charge in [0.05, 0.1) is 19.8 Å². The van der Waals surface area contributed by atoms with E-state index in [-0.39, 0.29) is 35.1 Å². The number of carbonyl (C=O) groups is 2. The lowest BCUT2D eigenvalue weighted by Gasteiger charge is -2.40. The lowest BCUT2D eigenvalue weighted by Crippen LogP contribution is -2.48. The van der Waals surface area contributed by atoms with Crippen LogP contribution in [0.4, 0.5) is 4.79 Å². The van der Waals surface area contributed by atoms with Gasteiger partial charge in [-0.3, -0.25) is 4.79 Å². The van der Waals surface area contributed by atoms with E-state index in [4.69, 9.17) is 23.4 Å². The Balaban J connectivity index is 2.33. The Kier molecular flexibility index (Phi) is 12.1. The highest BCUT2D eigenvalue weighted by atomic mass is 28.4. The van der Waals surface area contributed by atoms with Gasteiger partial charge in [0, 0.05) is 57.3 Å². The number of nitrogens with zero attached hydrogens (tertiary/aromatic N) is 2. The molecule has 1 aromatic carbocycles. The Morgan fingerprint density at radius 3 is 2.22 bits per heavy atom. The van der Waals surface area contributed by atoms with E-state index in [1.807, 2.05) is 39.5 Å². The van der Waals surface area contributed by atoms with Crippen molar-refractivity contribution in [3.8, 4) is 11.5 Å². The molecule has 41 heavy (non-hydrogen) atoms. The molecule has 0 saturated carbocycles. The fourth-order valence-electron chi connectivity index (χ4n) is 4.44. The Hall–Kier alpha value is -2.30. The molecule has 1 aromatic rings. The predicted molar refractivity (Wildman–Crippen MR) is 165 cm³/mol. The topological polar surface area (TPSA) is 86.8 Å². The van der Waals surface area contributed by atoms with Crippen molar-refractivity contribution < 1.29 is 33.0 Å². The van der Waals surface area contributed by atoms with Crippen molar-refractivity contribution in [2.24, 2.45) is 5.92 Å². The van der Waals surface area contributed by atoms with Gasteiger partial charge in [-0.2, -0.15) is 0 Å². The summed E-state index contributed by atoms with van der Waals surface area (Å²) in [5.41, 5.74) is -0.0760. The monoisotopic (exact) mass is 594 g/mol. The quantitative estimate of drug-likeness (QED) is 0.210. The van der Waals surface area contributed by atoms with Gasteiger partial charge in [-0.05, 0) is 71.0 Å². The van der Waals surface area contributed by atoms with Gasteiger partial charge >= 0.3 is 6.09 Å². The van der Waals surface area contributed by atoms with E-state index in [1.54, 1.807) is 37.3 Å². The van der Waals surface area contributed by atoms with Crippen molar-refractivity contribution in [3.05, 3.63) is 23.8 Å². The first-order chi connectivity index (χ1) is 18.9. The number of hydrogen-bond donors (Lipinski definition) is 0. The largest absolute Gasteiger partial charge is 0.493 e. The molecule has 2 atom stereocenters. The highest BCUT2D eigenvalue weighted by Crippen LogP contribution is 2.39. The fourth-order valence-corrected chi connectivity index (χ4v) is 5.81. The second-order valence-electron chi connectivity index (χ2n) is 13.7. The third-order valence-corrected chi connectivity index (χ3v) is 12.3. The van der Waals surface area contributed by atoms with Gasteiger partial charge < -0.3 is 33.2 Å². The lowest BCUT2D eigenvalue weighted by molar-refractivity contribution is 0.0272. The van der Waals surface area contributed by atoms with Gasteiger partial charge in [-0.25, -0.2) is 4.79 Å². The Bertz CT molecular complexity index is 1020. The van der Waals surface area contributed by atoms with Gasteiger partial charge in [0.2, 0.25) is 0 Å². The SMILES string of the molecule is COCCCOc1cc(C(=O)N(C[C@@H]2CN(C(=O)OC(C)(C)C)CC2O[Si](C)(C)C(C)(C)C)C(C)C)ccc1OC. The number of methoxy groups -OCH3 is 2. The fraction of sp³-hybridized carbons (Fsp3) is 0.742. The molecular weight excluding hydrogens is 540 g/mol. The third kappa shape index (κ3) is 9.89. The maximum Gasteiger partial charge on any atom is 0.410 e. The maximum atomic E-state index is 13.9. The predicted octanol–water partition coefficient (Wildman–Crippen LogP) is 6.22. The molecule has 1 aliphatic rings. The van der Waals surface area contributed by atoms with Gasteiger partial charge in [0.15, 0.2) is 19.8 Å². The molecule has 1 aliphatic heterocycles. The van der Waals surface area contributed by atoms with Crippen LogP contribution < -0.4 is 9.47 Å². The summed E-state index contributed by atoms with van der Waals surface area (Å²) < 4.78 is 29.1. The molecule has 0 aromatic heterocycles. The number of rotatable bonds is 12. The number of hydrogen-bond acceptors (Lipinski definition) is 7. The highest BCUT2D eigenvalue weighted by Gasteiger charge is 2.46. The summed E-state index contributed by atoms with van der Waals surface area (Å²) in [4.78, 5) is 30.6. The van der Waals surface area contributed by atoms with Crippen LogP contribution in [0.3, 0.4) is 0 Å². The first-order valence-electron chi connectivity index (χ1n) is 14.7. The van der Waals surface area contributed by atoms with Crippen molar-refractivity contribution in [2.45, 2.75) is 97.7 Å². The molecule has 1 unspecified atom stereocenters. The molecule has 10 heteroatoms. The van der Waals surface area contributed by atoms with Gasteiger partial charge in [0.25, 0.3) is 5.91 Å². The minimum Gasteiger partial charge on any atom is -0.493 e. The second kappa shape index (κ2) is 14.2. The Morgan fingerprint density at radius 2 is 1.68 bits per heavy atom. The average molecular weight is 595 g/mol. The number of benzene rings is 1. The molecule has 0 N–H and O–H groups in total. The van der Waals surface area contributed by atoms with E-state index in [9.17, 15) is 9.59 Å². The van der Waals surface area contributed by atoms with Crippen LogP contribution in [0.2, 0.25) is 18.1 Å². The van der Waals surface area contributed by atoms with Crippen molar-refractivity contribution in [3.63, 3.8) is 0 Å². The van der Waals surface area contributed by atoms with E-state index < -0.39 is 13.9 Å². The van der Waals surface area contributed by atoms with E-state index in [1.165, 1.54) is 0 Å². The lowest BCUT2D eigenvalue weighted by atomic mass is 10.0. The number of amides is 2. The molecule has 9 nitrogen and oxygen atoms in total. The highest BCUT2D eigenvalue weighted by molar-refractivity contribution is 6.74. The van der Waals surface area contributed by atoms with Crippen LogP contribution in [0.5, 0.6) is 11.5 Å². The molecule has 0 radical (unpaired) electrons. The van der Waals surface area contributed by atoms with E-state index in [0.717, 1.165) is 6.42 Å². The normalized spacial score (nSPS) is 18.0. The summed E-state index contributed by atoms with van der Waals surface area (Å²) in [5.74, 6) is 0.924. The van der Waals surface area contributed by atoms with Crippen molar-refractivity contribution in [2.75, 3.05) is 47.1 Å². The van der Waals surface area contributed by atoms with Crippen LogP contribution in [0.15, 0.2) is 18.2 Å². The number of likely N-dealkylation sites (tertiary alicyclic amines) is 1. The van der Waals surface area contributed by atoms with Crippen LogP contribution in [0.25, 0.3) is 0 Å². The van der Waals surface area contributed by atoms with E-state index in [2.05, 4.69) is 33.9 Å². The molecule has 1 heterocycles. The van der Waals surface area contributed by atoms with Crippen LogP contribution in [-0.2, 0) is 13.9 Å². The maximum absolute atomic E-state index is 13.9. The minimum atomic E-state index is -2.15. The summed E-state index contributed by atoms with van der Waals surface area (Å²) in [6.07, 6.45) is 0.172. The van der Waals surface area contributed by atoms with Crippen LogP contribution >= 0.6 is 0 Å². The summed E-state index contributed by atoms with van der Waals surface area (Å²) >= 11 is 0. The first kappa shape index (κ1) is 34.9. The Labute approximate surface area is 248 Å². The summed E-state index contributed by atoms with van der Waals surface area (Å²) in [6.45, 7) is 23.1. The number of ether oxygens (including phenoxy) is 4. The minimum absolute atomic E-state index is 0.00714. The van der Waals surface area contributed by atoms with Crippen LogP contribution in [-0.4, -0.2) is 94.9 Å². The molecule has 2 amide bonds. The van der Waals surface area contributed by atoms with Gasteiger partial charge in [-0.15, -0.1) is 0 Å². The molecule has 0 aliphatic carbocycles. The Morgan fingerprint density at radius 1 is 1.02 bits per heavy atom. The summed E-state index contributed by atoms with van der Waals surface area (Å²) in [5, 5.41) is 0.00714. The summed E-state index contributed by atoms with van der Waals surface area (Å²) in [6, 6.07) is 5.21. The molecule has 0 bridgehead atoms. The number of carbonyl (C=O) groups excluding carboxylic acids is 2. The molecule has 2 rings (SSSR count). The summed E-state index contributed by atoms with van der Waals surface area (Å²) in [7, 11) is 1.08. The van der Waals surface area contributed by atoms with Crippen LogP contribution in [0, 0.1) is 5.92 Å². The smallest absolute Gasteiger partial charge is 0.410 e. The molecular formula is C31H54N2O7Si. The van der Waals surface area contributed by atoms with Gasteiger partial charge in [-0.1, -0.05) is 20.8 Å². The second-order valence-corrected chi connectivity index (χ2v) is 18.4. The first-order valence-corrected chi connectivity index (χ1v) is 17.6. The van der Waals surface area contributed by atoms with Crippen molar-refractivity contribution >= 4 is 20.3 Å². The standard InChI is InChI=1S/C31H54N2O7Si/c1-22(2)33(28(34)23-14-15-25(37-10)26(18-23)38-17-13-16-36-9)20-24-19-32(29(35)39-30(3,4)5)21-27(24)40-41(11,12)31(6,7)8/h14-15,18,22,24,27H,13,16-17,19-21H2,1-12H3/t24-,27?/m0/s1. The zero-order valence-electron chi connectivity index (χ0n) is 27.5. The molecule has 1 fully saturated rings.